The number of aromatic nitrogens is 1. The molecule has 0 spiro atoms. The first-order valence-corrected chi connectivity index (χ1v) is 9.55. The molecule has 1 N–H and O–H groups in total. The standard InChI is InChI=1S/C25H22N2O2/c1-17-5-3-4-6-20(17)16-24(28)27-22-11-9-19(10-12-22)23-15-21(8-7-18(23)2)25-26-13-14-29-25/h3-15H,16H2,1-2H3,(H,27,28). The van der Waals surface area contributed by atoms with Crippen LogP contribution in [0.4, 0.5) is 5.69 Å². The van der Waals surface area contributed by atoms with Gasteiger partial charge in [-0.1, -0.05) is 42.5 Å². The quantitative estimate of drug-likeness (QED) is 0.474. The molecule has 0 aliphatic carbocycles. The van der Waals surface area contributed by atoms with E-state index in [2.05, 4.69) is 29.4 Å². The van der Waals surface area contributed by atoms with Crippen molar-refractivity contribution in [1.82, 2.24) is 4.98 Å². The van der Waals surface area contributed by atoms with Gasteiger partial charge in [-0.05, 0) is 65.9 Å². The van der Waals surface area contributed by atoms with E-state index in [1.165, 1.54) is 0 Å². The molecular weight excluding hydrogens is 360 g/mol. The van der Waals surface area contributed by atoms with Gasteiger partial charge in [-0.3, -0.25) is 4.79 Å². The topological polar surface area (TPSA) is 55.1 Å². The zero-order chi connectivity index (χ0) is 20.2. The van der Waals surface area contributed by atoms with Crippen LogP contribution in [0.3, 0.4) is 0 Å². The number of oxazole rings is 1. The molecule has 0 atom stereocenters. The Hall–Kier alpha value is -3.66. The summed E-state index contributed by atoms with van der Waals surface area (Å²) in [5, 5.41) is 2.98. The molecule has 3 aromatic carbocycles. The molecule has 0 unspecified atom stereocenters. The van der Waals surface area contributed by atoms with Crippen molar-refractivity contribution < 1.29 is 9.21 Å². The van der Waals surface area contributed by atoms with Gasteiger partial charge in [-0.2, -0.15) is 0 Å². The Balaban J connectivity index is 1.50. The van der Waals surface area contributed by atoms with Gasteiger partial charge < -0.3 is 9.73 Å². The van der Waals surface area contributed by atoms with Crippen LogP contribution in [0.1, 0.15) is 16.7 Å². The molecule has 0 saturated carbocycles. The Kier molecular flexibility index (Phi) is 5.25. The predicted molar refractivity (Wildman–Crippen MR) is 116 cm³/mol. The smallest absolute Gasteiger partial charge is 0.228 e. The van der Waals surface area contributed by atoms with Crippen LogP contribution in [0.25, 0.3) is 22.6 Å². The van der Waals surface area contributed by atoms with Crippen LogP contribution in [0.2, 0.25) is 0 Å². The number of hydrogen-bond acceptors (Lipinski definition) is 3. The number of rotatable bonds is 5. The van der Waals surface area contributed by atoms with Crippen LogP contribution in [0.5, 0.6) is 0 Å². The summed E-state index contributed by atoms with van der Waals surface area (Å²) in [7, 11) is 0. The summed E-state index contributed by atoms with van der Waals surface area (Å²) in [6.07, 6.45) is 3.58. The zero-order valence-corrected chi connectivity index (χ0v) is 16.5. The minimum Gasteiger partial charge on any atom is -0.445 e. The first-order valence-electron chi connectivity index (χ1n) is 9.55. The summed E-state index contributed by atoms with van der Waals surface area (Å²) in [4.78, 5) is 16.6. The van der Waals surface area contributed by atoms with E-state index < -0.39 is 0 Å². The second-order valence-corrected chi connectivity index (χ2v) is 7.10. The molecule has 1 amide bonds. The molecule has 144 valence electrons. The molecule has 4 heteroatoms. The van der Waals surface area contributed by atoms with Crippen molar-refractivity contribution >= 4 is 11.6 Å². The Labute approximate surface area is 170 Å². The monoisotopic (exact) mass is 382 g/mol. The van der Waals surface area contributed by atoms with Gasteiger partial charge in [0.25, 0.3) is 0 Å². The van der Waals surface area contributed by atoms with E-state index in [1.54, 1.807) is 12.5 Å². The number of hydrogen-bond donors (Lipinski definition) is 1. The summed E-state index contributed by atoms with van der Waals surface area (Å²) >= 11 is 0. The maximum Gasteiger partial charge on any atom is 0.228 e. The highest BCUT2D eigenvalue weighted by molar-refractivity contribution is 5.92. The summed E-state index contributed by atoms with van der Waals surface area (Å²) < 4.78 is 5.41. The molecule has 29 heavy (non-hydrogen) atoms. The van der Waals surface area contributed by atoms with Gasteiger partial charge in [0.05, 0.1) is 12.6 Å². The van der Waals surface area contributed by atoms with Gasteiger partial charge in [0.1, 0.15) is 6.26 Å². The Bertz CT molecular complexity index is 1130. The second kappa shape index (κ2) is 8.15. The second-order valence-electron chi connectivity index (χ2n) is 7.10. The lowest BCUT2D eigenvalue weighted by molar-refractivity contribution is -0.115. The van der Waals surface area contributed by atoms with Crippen molar-refractivity contribution in [3.63, 3.8) is 0 Å². The normalized spacial score (nSPS) is 10.7. The highest BCUT2D eigenvalue weighted by Gasteiger charge is 2.09. The molecule has 0 radical (unpaired) electrons. The third-order valence-corrected chi connectivity index (χ3v) is 5.01. The molecule has 0 saturated heterocycles. The van der Waals surface area contributed by atoms with Gasteiger partial charge in [0.15, 0.2) is 0 Å². The van der Waals surface area contributed by atoms with Crippen molar-refractivity contribution in [2.24, 2.45) is 0 Å². The first kappa shape index (κ1) is 18.7. The third-order valence-electron chi connectivity index (χ3n) is 5.01. The van der Waals surface area contributed by atoms with Crippen LogP contribution < -0.4 is 5.32 Å². The largest absolute Gasteiger partial charge is 0.445 e. The van der Waals surface area contributed by atoms with Crippen molar-refractivity contribution in [1.29, 1.82) is 0 Å². The minimum absolute atomic E-state index is 0.0193. The molecule has 0 aliphatic rings. The Morgan fingerprint density at radius 3 is 2.41 bits per heavy atom. The summed E-state index contributed by atoms with van der Waals surface area (Å²) in [5.41, 5.74) is 7.24. The van der Waals surface area contributed by atoms with E-state index in [0.717, 1.165) is 39.1 Å². The van der Waals surface area contributed by atoms with E-state index in [-0.39, 0.29) is 5.91 Å². The highest BCUT2D eigenvalue weighted by Crippen LogP contribution is 2.29. The fraction of sp³-hybridized carbons (Fsp3) is 0.120. The molecule has 0 bridgehead atoms. The molecule has 0 fully saturated rings. The maximum absolute atomic E-state index is 12.4. The minimum atomic E-state index is -0.0193. The summed E-state index contributed by atoms with van der Waals surface area (Å²) in [6, 6.07) is 22.0. The van der Waals surface area contributed by atoms with Crippen LogP contribution in [0.15, 0.2) is 83.6 Å². The molecule has 4 rings (SSSR count). The molecule has 4 nitrogen and oxygen atoms in total. The summed E-state index contributed by atoms with van der Waals surface area (Å²) in [5.74, 6) is 0.584. The number of aryl methyl sites for hydroxylation is 2. The van der Waals surface area contributed by atoms with E-state index in [4.69, 9.17) is 4.42 Å². The van der Waals surface area contributed by atoms with Crippen molar-refractivity contribution in [2.45, 2.75) is 20.3 Å². The number of carbonyl (C=O) groups excluding carboxylic acids is 1. The number of nitrogens with zero attached hydrogens (tertiary/aromatic N) is 1. The number of nitrogens with one attached hydrogen (secondary N) is 1. The zero-order valence-electron chi connectivity index (χ0n) is 16.5. The van der Waals surface area contributed by atoms with Crippen molar-refractivity contribution in [3.05, 3.63) is 95.9 Å². The molecular formula is C25H22N2O2. The molecule has 4 aromatic rings. The van der Waals surface area contributed by atoms with Gasteiger partial charge in [-0.25, -0.2) is 4.98 Å². The molecule has 0 aliphatic heterocycles. The molecule has 1 heterocycles. The van der Waals surface area contributed by atoms with Crippen LogP contribution in [-0.2, 0) is 11.2 Å². The number of amides is 1. The van der Waals surface area contributed by atoms with Gasteiger partial charge in [0, 0.05) is 11.3 Å². The number of anilines is 1. The van der Waals surface area contributed by atoms with Crippen molar-refractivity contribution in [3.8, 4) is 22.6 Å². The SMILES string of the molecule is Cc1ccccc1CC(=O)Nc1ccc(-c2cc(-c3ncco3)ccc2C)cc1. The fourth-order valence-corrected chi connectivity index (χ4v) is 3.35. The lowest BCUT2D eigenvalue weighted by atomic mass is 9.98. The lowest BCUT2D eigenvalue weighted by Gasteiger charge is -2.10. The first-order chi connectivity index (χ1) is 14.1. The van der Waals surface area contributed by atoms with Crippen LogP contribution in [0, 0.1) is 13.8 Å². The third kappa shape index (κ3) is 4.27. The van der Waals surface area contributed by atoms with E-state index >= 15 is 0 Å². The van der Waals surface area contributed by atoms with Gasteiger partial charge in [-0.15, -0.1) is 0 Å². The average Bonchev–Trinajstić information content (AvgIpc) is 3.26. The molecule has 1 aromatic heterocycles. The average molecular weight is 382 g/mol. The Morgan fingerprint density at radius 2 is 1.69 bits per heavy atom. The Morgan fingerprint density at radius 1 is 0.931 bits per heavy atom. The lowest BCUT2D eigenvalue weighted by Crippen LogP contribution is -2.14. The van der Waals surface area contributed by atoms with Crippen LogP contribution in [-0.4, -0.2) is 10.9 Å². The summed E-state index contributed by atoms with van der Waals surface area (Å²) in [6.45, 7) is 4.10. The van der Waals surface area contributed by atoms with Crippen molar-refractivity contribution in [2.75, 3.05) is 5.32 Å². The fourth-order valence-electron chi connectivity index (χ4n) is 3.35. The highest BCUT2D eigenvalue weighted by atomic mass is 16.3. The number of carbonyl (C=O) groups is 1. The predicted octanol–water partition coefficient (Wildman–Crippen LogP) is 5.81. The maximum atomic E-state index is 12.4. The van der Waals surface area contributed by atoms with E-state index in [9.17, 15) is 4.79 Å². The van der Waals surface area contributed by atoms with E-state index in [1.807, 2.05) is 61.5 Å². The van der Waals surface area contributed by atoms with Gasteiger partial charge >= 0.3 is 0 Å². The van der Waals surface area contributed by atoms with E-state index in [0.29, 0.717) is 12.3 Å². The number of benzene rings is 3. The van der Waals surface area contributed by atoms with Gasteiger partial charge in [0.2, 0.25) is 11.8 Å². The van der Waals surface area contributed by atoms with Crippen LogP contribution >= 0.6 is 0 Å².